The number of aromatic amines is 1. The number of nitrogens with two attached hydrogens (primary N) is 1. The van der Waals surface area contributed by atoms with Crippen LogP contribution in [0.4, 0.5) is 11.5 Å². The molecule has 0 bridgehead atoms. The summed E-state index contributed by atoms with van der Waals surface area (Å²) in [5.74, 6) is 0.777. The van der Waals surface area contributed by atoms with Crippen molar-refractivity contribution in [1.29, 1.82) is 0 Å². The number of benzene rings is 1. The summed E-state index contributed by atoms with van der Waals surface area (Å²) >= 11 is 6.21. The highest BCUT2D eigenvalue weighted by molar-refractivity contribution is 6.30. The lowest BCUT2D eigenvalue weighted by atomic mass is 10.2. The van der Waals surface area contributed by atoms with E-state index < -0.39 is 11.2 Å². The Morgan fingerprint density at radius 3 is 2.81 bits per heavy atom. The SMILES string of the molecule is CCCCn1c(N)c(N(C)Cc2cc(Cl)ccc2OCc2cccnc2)c(=O)[nH]c1=O. The van der Waals surface area contributed by atoms with Gasteiger partial charge in [-0.3, -0.25) is 19.3 Å². The molecule has 3 N–H and O–H groups in total. The lowest BCUT2D eigenvalue weighted by molar-refractivity contribution is 0.302. The second kappa shape index (κ2) is 10.2. The normalized spacial score (nSPS) is 10.8. The maximum absolute atomic E-state index is 12.5. The Labute approximate surface area is 185 Å². The van der Waals surface area contributed by atoms with Gasteiger partial charge in [-0.1, -0.05) is 31.0 Å². The van der Waals surface area contributed by atoms with Gasteiger partial charge in [0.05, 0.1) is 0 Å². The van der Waals surface area contributed by atoms with E-state index >= 15 is 0 Å². The Morgan fingerprint density at radius 1 is 1.29 bits per heavy atom. The number of H-pyrrole nitrogens is 1. The molecule has 0 aliphatic rings. The fourth-order valence-electron chi connectivity index (χ4n) is 3.28. The zero-order valence-electron chi connectivity index (χ0n) is 17.6. The predicted octanol–water partition coefficient (Wildman–Crippen LogP) is 3.18. The number of nitrogen functional groups attached to an aromatic ring is 1. The summed E-state index contributed by atoms with van der Waals surface area (Å²) in [6.07, 6.45) is 5.12. The molecule has 3 rings (SSSR count). The third-order valence-electron chi connectivity index (χ3n) is 4.88. The first kappa shape index (κ1) is 22.4. The van der Waals surface area contributed by atoms with Gasteiger partial charge >= 0.3 is 5.69 Å². The molecule has 9 heteroatoms. The Morgan fingerprint density at radius 2 is 2.10 bits per heavy atom. The smallest absolute Gasteiger partial charge is 0.330 e. The summed E-state index contributed by atoms with van der Waals surface area (Å²) in [6, 6.07) is 9.09. The highest BCUT2D eigenvalue weighted by atomic mass is 35.5. The number of hydrogen-bond donors (Lipinski definition) is 2. The third-order valence-corrected chi connectivity index (χ3v) is 5.11. The Kier molecular flexibility index (Phi) is 7.36. The van der Waals surface area contributed by atoms with Crippen LogP contribution in [0.15, 0.2) is 52.3 Å². The minimum absolute atomic E-state index is 0.143. The summed E-state index contributed by atoms with van der Waals surface area (Å²) in [7, 11) is 1.74. The van der Waals surface area contributed by atoms with Crippen molar-refractivity contribution in [2.75, 3.05) is 17.7 Å². The van der Waals surface area contributed by atoms with Crippen LogP contribution in [-0.2, 0) is 19.7 Å². The molecule has 0 aliphatic heterocycles. The van der Waals surface area contributed by atoms with Crippen molar-refractivity contribution in [3.05, 3.63) is 79.7 Å². The monoisotopic (exact) mass is 443 g/mol. The quantitative estimate of drug-likeness (QED) is 0.526. The van der Waals surface area contributed by atoms with E-state index in [9.17, 15) is 9.59 Å². The van der Waals surface area contributed by atoms with Crippen molar-refractivity contribution >= 4 is 23.1 Å². The third kappa shape index (κ3) is 5.46. The maximum Gasteiger partial charge on any atom is 0.330 e. The van der Waals surface area contributed by atoms with Crippen LogP contribution in [0.1, 0.15) is 30.9 Å². The van der Waals surface area contributed by atoms with E-state index in [1.807, 2.05) is 19.1 Å². The predicted molar refractivity (Wildman–Crippen MR) is 123 cm³/mol. The fraction of sp³-hybridized carbons (Fsp3) is 0.318. The molecule has 0 radical (unpaired) electrons. The molecular weight excluding hydrogens is 418 g/mol. The molecule has 0 unspecified atom stereocenters. The van der Waals surface area contributed by atoms with E-state index in [0.717, 1.165) is 24.0 Å². The Balaban J connectivity index is 1.88. The van der Waals surface area contributed by atoms with Crippen LogP contribution in [0.2, 0.25) is 5.02 Å². The summed E-state index contributed by atoms with van der Waals surface area (Å²) in [5.41, 5.74) is 7.13. The minimum atomic E-state index is -0.530. The van der Waals surface area contributed by atoms with E-state index in [4.69, 9.17) is 22.1 Å². The van der Waals surface area contributed by atoms with Crippen LogP contribution < -0.4 is 26.6 Å². The molecule has 0 spiro atoms. The van der Waals surface area contributed by atoms with Gasteiger partial charge in [0.2, 0.25) is 0 Å². The second-order valence-corrected chi connectivity index (χ2v) is 7.69. The van der Waals surface area contributed by atoms with E-state index in [2.05, 4.69) is 9.97 Å². The van der Waals surface area contributed by atoms with Crippen molar-refractivity contribution < 1.29 is 4.74 Å². The van der Waals surface area contributed by atoms with Crippen molar-refractivity contribution in [2.45, 2.75) is 39.5 Å². The summed E-state index contributed by atoms with van der Waals surface area (Å²) in [5, 5.41) is 0.548. The summed E-state index contributed by atoms with van der Waals surface area (Å²) in [6.45, 7) is 3.11. The number of halogens is 1. The zero-order valence-corrected chi connectivity index (χ0v) is 18.4. The van der Waals surface area contributed by atoms with Crippen molar-refractivity contribution in [3.63, 3.8) is 0 Å². The highest BCUT2D eigenvalue weighted by Gasteiger charge is 2.18. The molecule has 2 heterocycles. The topological polar surface area (TPSA) is 106 Å². The van der Waals surface area contributed by atoms with Crippen LogP contribution in [0.25, 0.3) is 0 Å². The molecule has 0 fully saturated rings. The van der Waals surface area contributed by atoms with Gasteiger partial charge in [-0.2, -0.15) is 0 Å². The van der Waals surface area contributed by atoms with Gasteiger partial charge in [0.1, 0.15) is 23.9 Å². The Bertz CT molecular complexity index is 1140. The first-order valence-corrected chi connectivity index (χ1v) is 10.4. The molecule has 3 aromatic rings. The maximum atomic E-state index is 12.5. The molecule has 0 aliphatic carbocycles. The number of hydrogen-bond acceptors (Lipinski definition) is 6. The van der Waals surface area contributed by atoms with Crippen molar-refractivity contribution in [1.82, 2.24) is 14.5 Å². The van der Waals surface area contributed by atoms with Crippen LogP contribution in [-0.4, -0.2) is 21.6 Å². The van der Waals surface area contributed by atoms with E-state index in [0.29, 0.717) is 30.5 Å². The molecule has 1 aromatic carbocycles. The van der Waals surface area contributed by atoms with Gasteiger partial charge in [0.15, 0.2) is 0 Å². The minimum Gasteiger partial charge on any atom is -0.488 e. The zero-order chi connectivity index (χ0) is 22.4. The van der Waals surface area contributed by atoms with Crippen molar-refractivity contribution in [2.24, 2.45) is 0 Å². The lowest BCUT2D eigenvalue weighted by Gasteiger charge is -2.23. The van der Waals surface area contributed by atoms with Gasteiger partial charge in [-0.15, -0.1) is 0 Å². The molecule has 31 heavy (non-hydrogen) atoms. The van der Waals surface area contributed by atoms with E-state index in [-0.39, 0.29) is 11.5 Å². The first-order valence-electron chi connectivity index (χ1n) is 10.0. The molecule has 0 saturated heterocycles. The number of anilines is 2. The fourth-order valence-corrected chi connectivity index (χ4v) is 3.47. The first-order chi connectivity index (χ1) is 14.9. The number of ether oxygens (including phenoxy) is 1. The number of pyridine rings is 1. The number of unbranched alkanes of at least 4 members (excludes halogenated alkanes) is 1. The molecule has 0 atom stereocenters. The molecule has 2 aromatic heterocycles. The summed E-state index contributed by atoms with van der Waals surface area (Å²) < 4.78 is 7.37. The van der Waals surface area contributed by atoms with Gasteiger partial charge in [-0.25, -0.2) is 4.79 Å². The molecule has 8 nitrogen and oxygen atoms in total. The standard InChI is InChI=1S/C22H26ClN5O3/c1-3-4-10-28-20(24)19(21(29)26-22(28)30)27(2)13-16-11-17(23)7-8-18(16)31-14-15-6-5-9-25-12-15/h5-9,11-12H,3-4,10,13-14,24H2,1-2H3,(H,26,29,30). The molecule has 0 saturated carbocycles. The van der Waals surface area contributed by atoms with Gasteiger partial charge < -0.3 is 15.4 Å². The van der Waals surface area contributed by atoms with Crippen LogP contribution >= 0.6 is 11.6 Å². The average molecular weight is 444 g/mol. The molecule has 164 valence electrons. The average Bonchev–Trinajstić information content (AvgIpc) is 2.73. The molecule has 0 amide bonds. The van der Waals surface area contributed by atoms with E-state index in [1.165, 1.54) is 4.57 Å². The van der Waals surface area contributed by atoms with E-state index in [1.54, 1.807) is 42.5 Å². The van der Waals surface area contributed by atoms with Crippen LogP contribution in [0.5, 0.6) is 5.75 Å². The lowest BCUT2D eigenvalue weighted by Crippen LogP contribution is -2.37. The van der Waals surface area contributed by atoms with Gasteiger partial charge in [0, 0.05) is 48.7 Å². The Hall–Kier alpha value is -3.26. The molecular formula is C22H26ClN5O3. The number of nitrogens with one attached hydrogen (secondary N) is 1. The van der Waals surface area contributed by atoms with Gasteiger partial charge in [-0.05, 0) is 30.7 Å². The highest BCUT2D eigenvalue weighted by Crippen LogP contribution is 2.27. The van der Waals surface area contributed by atoms with Crippen LogP contribution in [0.3, 0.4) is 0 Å². The van der Waals surface area contributed by atoms with Gasteiger partial charge in [0.25, 0.3) is 5.56 Å². The van der Waals surface area contributed by atoms with Crippen molar-refractivity contribution in [3.8, 4) is 5.75 Å². The number of nitrogens with zero attached hydrogens (tertiary/aromatic N) is 3. The number of aromatic nitrogens is 3. The summed E-state index contributed by atoms with van der Waals surface area (Å²) in [4.78, 5) is 32.9. The second-order valence-electron chi connectivity index (χ2n) is 7.26. The largest absolute Gasteiger partial charge is 0.488 e. The number of rotatable bonds is 9. The van der Waals surface area contributed by atoms with Crippen LogP contribution in [0, 0.1) is 0 Å².